The molecule has 0 bridgehead atoms. The Morgan fingerprint density at radius 3 is 2.17 bits per heavy atom. The highest BCUT2D eigenvalue weighted by atomic mass is 16.4. The Bertz CT molecular complexity index is 1310. The molecule has 1 amide bonds. The number of hydrazone groups is 1. The number of hydrogen-bond donors (Lipinski definition) is 1. The average Bonchev–Trinajstić information content (AvgIpc) is 3.20. The summed E-state index contributed by atoms with van der Waals surface area (Å²) in [6.45, 7) is 4.09. The van der Waals surface area contributed by atoms with Crippen molar-refractivity contribution in [1.82, 2.24) is 4.90 Å². The molecule has 0 aliphatic carbocycles. The summed E-state index contributed by atoms with van der Waals surface area (Å²) in [5, 5.41) is 15.2. The Labute approximate surface area is 210 Å². The van der Waals surface area contributed by atoms with Gasteiger partial charge in [-0.3, -0.25) is 4.79 Å². The van der Waals surface area contributed by atoms with Crippen molar-refractivity contribution in [2.24, 2.45) is 5.10 Å². The van der Waals surface area contributed by atoms with Crippen LogP contribution < -0.4 is 9.91 Å². The third-order valence-electron chi connectivity index (χ3n) is 6.60. The van der Waals surface area contributed by atoms with Gasteiger partial charge in [0, 0.05) is 38.3 Å². The second-order valence-corrected chi connectivity index (χ2v) is 9.12. The number of carbonyl (C=O) groups is 2. The van der Waals surface area contributed by atoms with Crippen LogP contribution in [0.4, 0.5) is 11.4 Å². The third-order valence-corrected chi connectivity index (χ3v) is 6.60. The number of amides is 1. The number of hydrogen-bond acceptors (Lipinski definition) is 5. The van der Waals surface area contributed by atoms with Gasteiger partial charge in [-0.1, -0.05) is 42.5 Å². The maximum atomic E-state index is 13.5. The van der Waals surface area contributed by atoms with E-state index < -0.39 is 5.97 Å². The van der Waals surface area contributed by atoms with E-state index in [4.69, 9.17) is 0 Å². The van der Waals surface area contributed by atoms with E-state index in [1.165, 1.54) is 22.8 Å². The lowest BCUT2D eigenvalue weighted by Gasteiger charge is -2.34. The zero-order chi connectivity index (χ0) is 25.1. The van der Waals surface area contributed by atoms with E-state index in [2.05, 4.69) is 34.1 Å². The lowest BCUT2D eigenvalue weighted by molar-refractivity contribution is -0.114. The summed E-state index contributed by atoms with van der Waals surface area (Å²) >= 11 is 0. The van der Waals surface area contributed by atoms with Gasteiger partial charge in [0.05, 0.1) is 22.5 Å². The standard InChI is InChI=1S/C29H28N4O3/c1-31-15-17-32(18-16-31)24-11-7-22(8-12-24)19-26-27(20-21-5-3-2-4-6-21)30-33(28(26)34)25-13-9-23(10-14-25)29(35)36/h2-14,19H,15-18,20H2,1H3,(H,35,36)/b26-19-. The first-order chi connectivity index (χ1) is 17.5. The molecule has 5 rings (SSSR count). The molecule has 2 aliphatic heterocycles. The van der Waals surface area contributed by atoms with Gasteiger partial charge in [0.1, 0.15) is 0 Å². The zero-order valence-corrected chi connectivity index (χ0v) is 20.2. The first-order valence-electron chi connectivity index (χ1n) is 12.0. The summed E-state index contributed by atoms with van der Waals surface area (Å²) in [6, 6.07) is 24.4. The van der Waals surface area contributed by atoms with E-state index in [9.17, 15) is 14.7 Å². The van der Waals surface area contributed by atoms with E-state index in [0.717, 1.165) is 37.3 Å². The van der Waals surface area contributed by atoms with Crippen molar-refractivity contribution in [2.45, 2.75) is 6.42 Å². The monoisotopic (exact) mass is 480 g/mol. The van der Waals surface area contributed by atoms with Crippen LogP contribution >= 0.6 is 0 Å². The number of aromatic carboxylic acids is 1. The fourth-order valence-electron chi connectivity index (χ4n) is 4.46. The average molecular weight is 481 g/mol. The smallest absolute Gasteiger partial charge is 0.335 e. The number of nitrogens with zero attached hydrogens (tertiary/aromatic N) is 4. The van der Waals surface area contributed by atoms with Crippen LogP contribution in [0.5, 0.6) is 0 Å². The fraction of sp³-hybridized carbons (Fsp3) is 0.207. The molecule has 0 unspecified atom stereocenters. The van der Waals surface area contributed by atoms with Crippen LogP contribution in [-0.2, 0) is 11.2 Å². The normalized spacial score (nSPS) is 17.5. The van der Waals surface area contributed by atoms with Crippen molar-refractivity contribution in [3.63, 3.8) is 0 Å². The first-order valence-corrected chi connectivity index (χ1v) is 12.0. The number of benzene rings is 3. The van der Waals surface area contributed by atoms with Crippen LogP contribution in [0.1, 0.15) is 21.5 Å². The van der Waals surface area contributed by atoms with Gasteiger partial charge in [0.25, 0.3) is 5.91 Å². The van der Waals surface area contributed by atoms with Crippen molar-refractivity contribution in [3.8, 4) is 0 Å². The predicted molar refractivity (Wildman–Crippen MR) is 143 cm³/mol. The number of carboxylic acids is 1. The van der Waals surface area contributed by atoms with Crippen LogP contribution in [0.3, 0.4) is 0 Å². The van der Waals surface area contributed by atoms with E-state index in [-0.39, 0.29) is 11.5 Å². The molecule has 1 saturated heterocycles. The zero-order valence-electron chi connectivity index (χ0n) is 20.2. The molecule has 0 radical (unpaired) electrons. The number of anilines is 2. The van der Waals surface area contributed by atoms with Crippen LogP contribution in [-0.4, -0.2) is 60.8 Å². The molecule has 0 saturated carbocycles. The van der Waals surface area contributed by atoms with Crippen LogP contribution in [0.25, 0.3) is 6.08 Å². The lowest BCUT2D eigenvalue weighted by atomic mass is 10.00. The number of piperazine rings is 1. The molecule has 0 aromatic heterocycles. The Hall–Kier alpha value is -4.23. The van der Waals surface area contributed by atoms with Gasteiger partial charge in [0.2, 0.25) is 0 Å². The Morgan fingerprint density at radius 1 is 0.889 bits per heavy atom. The number of carbonyl (C=O) groups excluding carboxylic acids is 1. The van der Waals surface area contributed by atoms with E-state index in [1.54, 1.807) is 12.1 Å². The van der Waals surface area contributed by atoms with Crippen molar-refractivity contribution < 1.29 is 14.7 Å². The summed E-state index contributed by atoms with van der Waals surface area (Å²) in [7, 11) is 2.14. The highest BCUT2D eigenvalue weighted by Gasteiger charge is 2.31. The molecule has 3 aromatic rings. The summed E-state index contributed by atoms with van der Waals surface area (Å²) in [5.74, 6) is -1.24. The van der Waals surface area contributed by atoms with Crippen LogP contribution in [0.2, 0.25) is 0 Å². The van der Waals surface area contributed by atoms with E-state index >= 15 is 0 Å². The SMILES string of the molecule is CN1CCN(c2ccc(/C=C3\C(=O)N(c4ccc(C(=O)O)cc4)N=C3Cc3ccccc3)cc2)CC1. The lowest BCUT2D eigenvalue weighted by Crippen LogP contribution is -2.44. The van der Waals surface area contributed by atoms with Gasteiger partial charge in [0.15, 0.2) is 0 Å². The highest BCUT2D eigenvalue weighted by Crippen LogP contribution is 2.27. The van der Waals surface area contributed by atoms with Gasteiger partial charge in [-0.25, -0.2) is 4.79 Å². The van der Waals surface area contributed by atoms with Gasteiger partial charge in [-0.2, -0.15) is 10.1 Å². The van der Waals surface area contributed by atoms with Gasteiger partial charge >= 0.3 is 5.97 Å². The molecule has 182 valence electrons. The van der Waals surface area contributed by atoms with Crippen molar-refractivity contribution in [3.05, 3.63) is 101 Å². The number of carboxylic acid groups (broad SMARTS) is 1. The molecule has 2 aliphatic rings. The summed E-state index contributed by atoms with van der Waals surface area (Å²) in [6.07, 6.45) is 2.41. The van der Waals surface area contributed by atoms with Crippen LogP contribution in [0.15, 0.2) is 89.5 Å². The second-order valence-electron chi connectivity index (χ2n) is 9.12. The maximum absolute atomic E-state index is 13.5. The van der Waals surface area contributed by atoms with Crippen molar-refractivity contribution >= 4 is 35.0 Å². The largest absolute Gasteiger partial charge is 0.478 e. The Morgan fingerprint density at radius 2 is 1.53 bits per heavy atom. The fourth-order valence-corrected chi connectivity index (χ4v) is 4.46. The summed E-state index contributed by atoms with van der Waals surface area (Å²) in [5.41, 5.74) is 5.08. The number of rotatable bonds is 6. The Kier molecular flexibility index (Phi) is 6.64. The first kappa shape index (κ1) is 23.5. The molecule has 1 fully saturated rings. The molecule has 7 nitrogen and oxygen atoms in total. The molecule has 3 aromatic carbocycles. The number of likely N-dealkylation sites (N-methyl/N-ethyl adjacent to an activating group) is 1. The molecule has 7 heteroatoms. The summed E-state index contributed by atoms with van der Waals surface area (Å²) in [4.78, 5) is 29.4. The van der Waals surface area contributed by atoms with E-state index in [1.807, 2.05) is 48.5 Å². The quantitative estimate of drug-likeness (QED) is 0.536. The topological polar surface area (TPSA) is 76.5 Å². The van der Waals surface area contributed by atoms with Crippen molar-refractivity contribution in [2.75, 3.05) is 43.1 Å². The minimum atomic E-state index is -1.01. The molecule has 0 spiro atoms. The van der Waals surface area contributed by atoms with Gasteiger partial charge < -0.3 is 14.9 Å². The minimum absolute atomic E-state index is 0.162. The van der Waals surface area contributed by atoms with Crippen LogP contribution in [0, 0.1) is 0 Å². The molecular weight excluding hydrogens is 452 g/mol. The molecule has 0 atom stereocenters. The molecule has 2 heterocycles. The van der Waals surface area contributed by atoms with Gasteiger partial charge in [-0.15, -0.1) is 0 Å². The molecule has 1 N–H and O–H groups in total. The molecule has 36 heavy (non-hydrogen) atoms. The predicted octanol–water partition coefficient (Wildman–Crippen LogP) is 4.17. The van der Waals surface area contributed by atoms with Crippen molar-refractivity contribution in [1.29, 1.82) is 0 Å². The highest BCUT2D eigenvalue weighted by molar-refractivity contribution is 6.33. The van der Waals surface area contributed by atoms with E-state index in [0.29, 0.717) is 23.4 Å². The summed E-state index contributed by atoms with van der Waals surface area (Å²) < 4.78 is 0. The second kappa shape index (κ2) is 10.2. The maximum Gasteiger partial charge on any atom is 0.335 e. The van der Waals surface area contributed by atoms with Gasteiger partial charge in [-0.05, 0) is 60.6 Å². The minimum Gasteiger partial charge on any atom is -0.478 e. The third kappa shape index (κ3) is 5.06. The Balaban J connectivity index is 1.43. The molecular formula is C29H28N4O3.